The van der Waals surface area contributed by atoms with E-state index in [2.05, 4.69) is 20.3 Å². The number of nitrogens with one attached hydrogen (secondary N) is 1. The summed E-state index contributed by atoms with van der Waals surface area (Å²) in [5.41, 5.74) is 6.56. The smallest absolute Gasteiger partial charge is 0.254 e. The van der Waals surface area contributed by atoms with Crippen LogP contribution in [0, 0.1) is 0 Å². The molecule has 120 valence electrons. The molecule has 3 N–H and O–H groups in total. The van der Waals surface area contributed by atoms with Crippen molar-refractivity contribution in [2.45, 2.75) is 12.8 Å². The van der Waals surface area contributed by atoms with Crippen molar-refractivity contribution in [2.24, 2.45) is 10.7 Å². The number of hydrogen-bond donors (Lipinski definition) is 2. The highest BCUT2D eigenvalue weighted by molar-refractivity contribution is 6.42. The van der Waals surface area contributed by atoms with Gasteiger partial charge >= 0.3 is 0 Å². The third kappa shape index (κ3) is 5.84. The highest BCUT2D eigenvalue weighted by atomic mass is 35.5. The van der Waals surface area contributed by atoms with Crippen molar-refractivity contribution in [3.8, 4) is 0 Å². The first-order valence-electron chi connectivity index (χ1n) is 6.85. The minimum atomic E-state index is -0.372. The second-order valence-corrected chi connectivity index (χ2v) is 5.46. The maximum atomic E-state index is 11.7. The van der Waals surface area contributed by atoms with E-state index in [9.17, 15) is 4.79 Å². The van der Waals surface area contributed by atoms with E-state index < -0.39 is 0 Å². The summed E-state index contributed by atoms with van der Waals surface area (Å²) in [6, 6.07) is 6.90. The standard InChI is InChI=1S/C15H15Cl2N5O/c16-11-3-2-10(8-12(11)17)19-7-4-13(18)22-15(23)9-14-20-5-1-6-21-14/h1-3,5-6,8,19H,4,7,9H2,(H2,18,22,23). The Hall–Kier alpha value is -2.18. The van der Waals surface area contributed by atoms with Gasteiger partial charge in [0, 0.05) is 31.0 Å². The maximum Gasteiger partial charge on any atom is 0.254 e. The van der Waals surface area contributed by atoms with Crippen molar-refractivity contribution >= 4 is 40.6 Å². The van der Waals surface area contributed by atoms with E-state index in [1.165, 1.54) is 0 Å². The van der Waals surface area contributed by atoms with Crippen LogP contribution in [-0.4, -0.2) is 28.3 Å². The fourth-order valence-corrected chi connectivity index (χ4v) is 2.05. The monoisotopic (exact) mass is 351 g/mol. The Labute approximate surface area is 143 Å². The summed E-state index contributed by atoms with van der Waals surface area (Å²) in [6.45, 7) is 0.516. The van der Waals surface area contributed by atoms with Crippen LogP contribution < -0.4 is 11.1 Å². The molecule has 1 aromatic carbocycles. The first-order valence-corrected chi connectivity index (χ1v) is 7.61. The minimum absolute atomic E-state index is 0.0295. The molecule has 2 aromatic rings. The summed E-state index contributed by atoms with van der Waals surface area (Å²) in [6.07, 6.45) is 3.59. The van der Waals surface area contributed by atoms with Gasteiger partial charge in [0.25, 0.3) is 5.91 Å². The van der Waals surface area contributed by atoms with Gasteiger partial charge in [-0.2, -0.15) is 0 Å². The summed E-state index contributed by atoms with van der Waals surface area (Å²) in [4.78, 5) is 23.5. The zero-order valence-electron chi connectivity index (χ0n) is 12.2. The Morgan fingerprint density at radius 3 is 2.65 bits per heavy atom. The Bertz CT molecular complexity index is 706. The third-order valence-corrected chi connectivity index (χ3v) is 3.57. The molecule has 0 aliphatic carbocycles. The largest absolute Gasteiger partial charge is 0.387 e. The van der Waals surface area contributed by atoms with E-state index in [0.29, 0.717) is 28.8 Å². The lowest BCUT2D eigenvalue weighted by atomic mass is 10.3. The molecule has 1 amide bonds. The van der Waals surface area contributed by atoms with Crippen LogP contribution in [0.15, 0.2) is 41.7 Å². The van der Waals surface area contributed by atoms with Crippen molar-refractivity contribution in [3.05, 3.63) is 52.5 Å². The van der Waals surface area contributed by atoms with Crippen molar-refractivity contribution in [1.82, 2.24) is 9.97 Å². The Kier molecular flexibility index (Phi) is 6.31. The molecule has 0 aliphatic heterocycles. The van der Waals surface area contributed by atoms with Gasteiger partial charge in [-0.05, 0) is 24.3 Å². The summed E-state index contributed by atoms with van der Waals surface area (Å²) in [5, 5.41) is 4.09. The average molecular weight is 352 g/mol. The predicted molar refractivity (Wildman–Crippen MR) is 91.9 cm³/mol. The van der Waals surface area contributed by atoms with E-state index in [1.807, 2.05) is 0 Å². The molecule has 23 heavy (non-hydrogen) atoms. The van der Waals surface area contributed by atoms with Crippen LogP contribution in [0.25, 0.3) is 0 Å². The van der Waals surface area contributed by atoms with Crippen LogP contribution in [0.2, 0.25) is 10.0 Å². The van der Waals surface area contributed by atoms with Crippen molar-refractivity contribution in [2.75, 3.05) is 11.9 Å². The summed E-state index contributed by atoms with van der Waals surface area (Å²) < 4.78 is 0. The maximum absolute atomic E-state index is 11.7. The lowest BCUT2D eigenvalue weighted by Crippen LogP contribution is -2.19. The van der Waals surface area contributed by atoms with Gasteiger partial charge in [0.15, 0.2) is 0 Å². The van der Waals surface area contributed by atoms with E-state index in [-0.39, 0.29) is 18.2 Å². The lowest BCUT2D eigenvalue weighted by Gasteiger charge is -2.07. The molecule has 0 saturated carbocycles. The number of anilines is 1. The number of hydrogen-bond acceptors (Lipinski definition) is 4. The summed E-state index contributed by atoms with van der Waals surface area (Å²) in [7, 11) is 0. The predicted octanol–water partition coefficient (Wildman–Crippen LogP) is 2.71. The van der Waals surface area contributed by atoms with Crippen LogP contribution in [0.1, 0.15) is 12.2 Å². The molecule has 2 rings (SSSR count). The number of benzene rings is 1. The number of amides is 1. The molecule has 6 nitrogen and oxygen atoms in total. The number of carbonyl (C=O) groups is 1. The van der Waals surface area contributed by atoms with Crippen LogP contribution in [0.3, 0.4) is 0 Å². The van der Waals surface area contributed by atoms with Gasteiger partial charge in [-0.15, -0.1) is 0 Å². The molecule has 0 aliphatic rings. The molecule has 0 spiro atoms. The van der Waals surface area contributed by atoms with Crippen molar-refractivity contribution in [3.63, 3.8) is 0 Å². The molecule has 0 atom stereocenters. The number of amidine groups is 1. The quantitative estimate of drug-likeness (QED) is 0.616. The van der Waals surface area contributed by atoms with Crippen molar-refractivity contribution < 1.29 is 4.79 Å². The second kappa shape index (κ2) is 8.45. The number of rotatable bonds is 6. The zero-order chi connectivity index (χ0) is 16.7. The fourth-order valence-electron chi connectivity index (χ4n) is 1.75. The van der Waals surface area contributed by atoms with Gasteiger partial charge < -0.3 is 11.1 Å². The van der Waals surface area contributed by atoms with Crippen LogP contribution in [-0.2, 0) is 11.2 Å². The number of aliphatic imine (C=N–C) groups is 1. The molecular formula is C15H15Cl2N5O. The molecule has 0 fully saturated rings. The number of nitrogens with zero attached hydrogens (tertiary/aromatic N) is 3. The van der Waals surface area contributed by atoms with Gasteiger partial charge in [0.2, 0.25) is 0 Å². The van der Waals surface area contributed by atoms with Gasteiger partial charge in [-0.25, -0.2) is 15.0 Å². The lowest BCUT2D eigenvalue weighted by molar-refractivity contribution is -0.117. The molecule has 0 bridgehead atoms. The summed E-state index contributed by atoms with van der Waals surface area (Å²) >= 11 is 11.8. The van der Waals surface area contributed by atoms with Crippen LogP contribution in [0.5, 0.6) is 0 Å². The number of nitrogens with two attached hydrogens (primary N) is 1. The SMILES string of the molecule is NC(CCNc1ccc(Cl)c(Cl)c1)=NC(=O)Cc1ncccn1. The number of carbonyl (C=O) groups excluding carboxylic acids is 1. The number of halogens is 2. The van der Waals surface area contributed by atoms with E-state index in [1.54, 1.807) is 36.7 Å². The first-order chi connectivity index (χ1) is 11.0. The average Bonchev–Trinajstić information content (AvgIpc) is 2.51. The minimum Gasteiger partial charge on any atom is -0.387 e. The molecule has 0 radical (unpaired) electrons. The fraction of sp³-hybridized carbons (Fsp3) is 0.200. The first kappa shape index (κ1) is 17.2. The van der Waals surface area contributed by atoms with Gasteiger partial charge in [-0.1, -0.05) is 23.2 Å². The molecule has 0 unspecified atom stereocenters. The Morgan fingerprint density at radius 2 is 1.96 bits per heavy atom. The second-order valence-electron chi connectivity index (χ2n) is 4.64. The normalized spacial score (nSPS) is 11.3. The van der Waals surface area contributed by atoms with Gasteiger partial charge in [0.1, 0.15) is 11.7 Å². The Balaban J connectivity index is 1.80. The number of aromatic nitrogens is 2. The Morgan fingerprint density at radius 1 is 1.22 bits per heavy atom. The van der Waals surface area contributed by atoms with Crippen molar-refractivity contribution in [1.29, 1.82) is 0 Å². The van der Waals surface area contributed by atoms with Crippen LogP contribution in [0.4, 0.5) is 5.69 Å². The highest BCUT2D eigenvalue weighted by Gasteiger charge is 2.05. The molecule has 1 aromatic heterocycles. The van der Waals surface area contributed by atoms with E-state index >= 15 is 0 Å². The highest BCUT2D eigenvalue weighted by Crippen LogP contribution is 2.24. The molecular weight excluding hydrogens is 337 g/mol. The van der Waals surface area contributed by atoms with Gasteiger partial charge in [0.05, 0.1) is 16.5 Å². The third-order valence-electron chi connectivity index (χ3n) is 2.83. The van der Waals surface area contributed by atoms with E-state index in [0.717, 1.165) is 5.69 Å². The molecule has 8 heteroatoms. The topological polar surface area (TPSA) is 93.3 Å². The molecule has 0 saturated heterocycles. The molecule has 1 heterocycles. The van der Waals surface area contributed by atoms with Gasteiger partial charge in [-0.3, -0.25) is 4.79 Å². The zero-order valence-corrected chi connectivity index (χ0v) is 13.7. The van der Waals surface area contributed by atoms with E-state index in [4.69, 9.17) is 28.9 Å². The summed E-state index contributed by atoms with van der Waals surface area (Å²) in [5.74, 6) is 0.296. The van der Waals surface area contributed by atoms with Crippen LogP contribution >= 0.6 is 23.2 Å².